The molecule has 0 radical (unpaired) electrons. The molecule has 0 fully saturated rings. The molecule has 2 aromatic carbocycles. The number of aryl methyl sites for hydroxylation is 2. The number of hydrogen-bond acceptors (Lipinski definition) is 5. The van der Waals surface area contributed by atoms with Crippen molar-refractivity contribution in [3.63, 3.8) is 0 Å². The smallest absolute Gasteiger partial charge is 0.338 e. The fourth-order valence-electron chi connectivity index (χ4n) is 2.86. The molecule has 1 unspecified atom stereocenters. The lowest BCUT2D eigenvalue weighted by atomic mass is 10.1. The van der Waals surface area contributed by atoms with Gasteiger partial charge in [0.15, 0.2) is 18.1 Å². The molecular formula is C21H23NO5. The molecule has 1 atom stereocenters. The summed E-state index contributed by atoms with van der Waals surface area (Å²) in [6.45, 7) is 6.30. The molecule has 2 aromatic rings. The molecule has 3 rings (SSSR count). The van der Waals surface area contributed by atoms with Gasteiger partial charge in [0.2, 0.25) is 0 Å². The lowest BCUT2D eigenvalue weighted by Crippen LogP contribution is -2.31. The highest BCUT2D eigenvalue weighted by Gasteiger charge is 2.17. The van der Waals surface area contributed by atoms with Crippen LogP contribution in [0.1, 0.15) is 40.0 Å². The third kappa shape index (κ3) is 4.58. The Morgan fingerprint density at radius 3 is 2.59 bits per heavy atom. The number of nitrogens with one attached hydrogen (secondary N) is 1. The minimum Gasteiger partial charge on any atom is -0.486 e. The third-order valence-corrected chi connectivity index (χ3v) is 4.39. The molecular weight excluding hydrogens is 346 g/mol. The van der Waals surface area contributed by atoms with Gasteiger partial charge in [-0.3, -0.25) is 4.79 Å². The Hall–Kier alpha value is -3.02. The highest BCUT2D eigenvalue weighted by molar-refractivity contribution is 5.92. The van der Waals surface area contributed by atoms with Gasteiger partial charge in [0.05, 0.1) is 11.6 Å². The van der Waals surface area contributed by atoms with Crippen LogP contribution in [0.4, 0.5) is 0 Å². The summed E-state index contributed by atoms with van der Waals surface area (Å²) in [6.07, 6.45) is 0. The van der Waals surface area contributed by atoms with E-state index in [0.717, 1.165) is 16.7 Å². The van der Waals surface area contributed by atoms with Crippen molar-refractivity contribution in [2.24, 2.45) is 0 Å². The van der Waals surface area contributed by atoms with E-state index in [1.54, 1.807) is 6.07 Å². The Labute approximate surface area is 158 Å². The van der Waals surface area contributed by atoms with Crippen LogP contribution in [-0.4, -0.2) is 31.7 Å². The summed E-state index contributed by atoms with van der Waals surface area (Å²) in [6, 6.07) is 10.8. The van der Waals surface area contributed by atoms with E-state index in [2.05, 4.69) is 5.32 Å². The zero-order chi connectivity index (χ0) is 19.4. The van der Waals surface area contributed by atoms with E-state index >= 15 is 0 Å². The van der Waals surface area contributed by atoms with Crippen LogP contribution in [-0.2, 0) is 9.53 Å². The van der Waals surface area contributed by atoms with E-state index in [4.69, 9.17) is 14.2 Å². The maximum Gasteiger partial charge on any atom is 0.338 e. The van der Waals surface area contributed by atoms with Crippen molar-refractivity contribution >= 4 is 11.9 Å². The first kappa shape index (κ1) is 18.8. The van der Waals surface area contributed by atoms with Crippen LogP contribution in [0.2, 0.25) is 0 Å². The van der Waals surface area contributed by atoms with Gasteiger partial charge in [-0.2, -0.15) is 0 Å². The van der Waals surface area contributed by atoms with Gasteiger partial charge in [-0.25, -0.2) is 4.79 Å². The average molecular weight is 369 g/mol. The zero-order valence-corrected chi connectivity index (χ0v) is 15.7. The maximum atomic E-state index is 12.2. The first-order valence-electron chi connectivity index (χ1n) is 8.87. The van der Waals surface area contributed by atoms with E-state index in [-0.39, 0.29) is 18.6 Å². The molecule has 6 nitrogen and oxygen atoms in total. The fourth-order valence-corrected chi connectivity index (χ4v) is 2.86. The Kier molecular flexibility index (Phi) is 5.64. The van der Waals surface area contributed by atoms with E-state index in [1.165, 1.54) is 0 Å². The monoisotopic (exact) mass is 369 g/mol. The summed E-state index contributed by atoms with van der Waals surface area (Å²) < 4.78 is 16.2. The van der Waals surface area contributed by atoms with Gasteiger partial charge in [-0.1, -0.05) is 23.8 Å². The first-order chi connectivity index (χ1) is 12.9. The minimum atomic E-state index is -0.502. The van der Waals surface area contributed by atoms with Gasteiger partial charge in [-0.05, 0) is 50.1 Å². The maximum absolute atomic E-state index is 12.2. The van der Waals surface area contributed by atoms with E-state index in [1.807, 2.05) is 51.1 Å². The molecule has 1 aliphatic heterocycles. The predicted molar refractivity (Wildman–Crippen MR) is 100 cm³/mol. The van der Waals surface area contributed by atoms with Crippen LogP contribution in [0, 0.1) is 13.8 Å². The summed E-state index contributed by atoms with van der Waals surface area (Å²) >= 11 is 0. The molecule has 6 heteroatoms. The van der Waals surface area contributed by atoms with Crippen molar-refractivity contribution < 1.29 is 23.8 Å². The van der Waals surface area contributed by atoms with Gasteiger partial charge in [0, 0.05) is 0 Å². The van der Waals surface area contributed by atoms with Crippen molar-refractivity contribution in [2.75, 3.05) is 19.8 Å². The molecule has 0 bridgehead atoms. The molecule has 0 saturated carbocycles. The second-order valence-corrected chi connectivity index (χ2v) is 6.59. The van der Waals surface area contributed by atoms with E-state index in [9.17, 15) is 9.59 Å². The fraction of sp³-hybridized carbons (Fsp3) is 0.333. The van der Waals surface area contributed by atoms with Crippen molar-refractivity contribution in [2.45, 2.75) is 26.8 Å². The molecule has 1 heterocycles. The van der Waals surface area contributed by atoms with Gasteiger partial charge < -0.3 is 19.5 Å². The topological polar surface area (TPSA) is 73.9 Å². The lowest BCUT2D eigenvalue weighted by molar-refractivity contribution is -0.124. The highest BCUT2D eigenvalue weighted by atomic mass is 16.6. The minimum absolute atomic E-state index is 0.257. The van der Waals surface area contributed by atoms with Gasteiger partial charge in [-0.15, -0.1) is 0 Å². The molecule has 1 N–H and O–H groups in total. The first-order valence-corrected chi connectivity index (χ1v) is 8.87. The Balaban J connectivity index is 1.56. The van der Waals surface area contributed by atoms with Gasteiger partial charge in [0.1, 0.15) is 13.2 Å². The van der Waals surface area contributed by atoms with Crippen LogP contribution in [0.25, 0.3) is 0 Å². The predicted octanol–water partition coefficient (Wildman–Crippen LogP) is 3.11. The van der Waals surface area contributed by atoms with Crippen molar-refractivity contribution in [1.82, 2.24) is 5.32 Å². The Bertz CT molecular complexity index is 862. The van der Waals surface area contributed by atoms with Gasteiger partial charge in [0.25, 0.3) is 5.91 Å². The third-order valence-electron chi connectivity index (χ3n) is 4.39. The summed E-state index contributed by atoms with van der Waals surface area (Å²) in [4.78, 5) is 24.4. The molecule has 1 amide bonds. The van der Waals surface area contributed by atoms with Crippen LogP contribution >= 0.6 is 0 Å². The summed E-state index contributed by atoms with van der Waals surface area (Å²) in [5, 5.41) is 2.82. The van der Waals surface area contributed by atoms with Crippen LogP contribution in [0.3, 0.4) is 0 Å². The average Bonchev–Trinajstić information content (AvgIpc) is 2.67. The largest absolute Gasteiger partial charge is 0.486 e. The lowest BCUT2D eigenvalue weighted by Gasteiger charge is -2.21. The molecule has 0 aromatic heterocycles. The summed E-state index contributed by atoms with van der Waals surface area (Å²) in [5.41, 5.74) is 3.14. The SMILES string of the molecule is Cc1ccc(C)c(C(=O)OCC(=O)NC(C)c2ccc3c(c2)OCCO3)c1. The summed E-state index contributed by atoms with van der Waals surface area (Å²) in [7, 11) is 0. The molecule has 27 heavy (non-hydrogen) atoms. The molecule has 1 aliphatic rings. The normalized spacial score (nSPS) is 13.6. The number of benzene rings is 2. The van der Waals surface area contributed by atoms with Crippen LogP contribution in [0.5, 0.6) is 11.5 Å². The standard InChI is InChI=1S/C21H23NO5/c1-13-4-5-14(2)17(10-13)21(24)27-12-20(23)22-15(3)16-6-7-18-19(11-16)26-9-8-25-18/h4-7,10-11,15H,8-9,12H2,1-3H3,(H,22,23). The number of amides is 1. The molecule has 0 aliphatic carbocycles. The number of carbonyl (C=O) groups excluding carboxylic acids is 2. The number of carbonyl (C=O) groups is 2. The number of esters is 1. The number of hydrogen-bond donors (Lipinski definition) is 1. The molecule has 0 saturated heterocycles. The Morgan fingerprint density at radius 2 is 1.81 bits per heavy atom. The van der Waals surface area contributed by atoms with Crippen LogP contribution in [0.15, 0.2) is 36.4 Å². The molecule has 0 spiro atoms. The zero-order valence-electron chi connectivity index (χ0n) is 15.7. The number of fused-ring (bicyclic) bond motifs is 1. The van der Waals surface area contributed by atoms with Gasteiger partial charge >= 0.3 is 5.97 Å². The summed E-state index contributed by atoms with van der Waals surface area (Å²) in [5.74, 6) is 0.501. The van der Waals surface area contributed by atoms with Crippen LogP contribution < -0.4 is 14.8 Å². The second kappa shape index (κ2) is 8.12. The second-order valence-electron chi connectivity index (χ2n) is 6.59. The van der Waals surface area contributed by atoms with Crippen molar-refractivity contribution in [3.8, 4) is 11.5 Å². The van der Waals surface area contributed by atoms with Crippen molar-refractivity contribution in [3.05, 3.63) is 58.7 Å². The molecule has 142 valence electrons. The van der Waals surface area contributed by atoms with E-state index < -0.39 is 5.97 Å². The highest BCUT2D eigenvalue weighted by Crippen LogP contribution is 2.32. The van der Waals surface area contributed by atoms with E-state index in [0.29, 0.717) is 30.3 Å². The Morgan fingerprint density at radius 1 is 1.07 bits per heavy atom. The number of ether oxygens (including phenoxy) is 3. The number of rotatable bonds is 5. The van der Waals surface area contributed by atoms with Crippen molar-refractivity contribution in [1.29, 1.82) is 0 Å². The quantitative estimate of drug-likeness (QED) is 0.820.